The molecule has 0 saturated carbocycles. The van der Waals surface area contributed by atoms with Gasteiger partial charge in [-0.15, -0.1) is 0 Å². The Morgan fingerprint density at radius 2 is 2.00 bits per heavy atom. The summed E-state index contributed by atoms with van der Waals surface area (Å²) in [6, 6.07) is 9.63. The maximum absolute atomic E-state index is 8.93. The van der Waals surface area contributed by atoms with E-state index in [0.29, 0.717) is 13.1 Å². The lowest BCUT2D eigenvalue weighted by Crippen LogP contribution is -2.19. The molecule has 1 aromatic rings. The number of benzene rings is 1. The highest BCUT2D eigenvalue weighted by molar-refractivity contribution is 5.43. The Hall–Kier alpha value is -2.50. The summed E-state index contributed by atoms with van der Waals surface area (Å²) in [5, 5.41) is 17.9. The van der Waals surface area contributed by atoms with Gasteiger partial charge >= 0.3 is 0 Å². The van der Waals surface area contributed by atoms with Crippen LogP contribution in [0.2, 0.25) is 0 Å². The number of rotatable bonds is 4. The van der Waals surface area contributed by atoms with E-state index in [-0.39, 0.29) is 5.57 Å². The second-order valence-corrected chi connectivity index (χ2v) is 4.84. The minimum absolute atomic E-state index is 0.245. The third-order valence-electron chi connectivity index (χ3n) is 3.60. The van der Waals surface area contributed by atoms with Crippen LogP contribution in [0.3, 0.4) is 0 Å². The average molecular weight is 283 g/mol. The van der Waals surface area contributed by atoms with Crippen molar-refractivity contribution in [1.29, 1.82) is 10.5 Å². The van der Waals surface area contributed by atoms with Gasteiger partial charge in [-0.25, -0.2) is 0 Å². The van der Waals surface area contributed by atoms with Gasteiger partial charge in [0.25, 0.3) is 0 Å². The van der Waals surface area contributed by atoms with Gasteiger partial charge in [0.15, 0.2) is 0 Å². The fourth-order valence-electron chi connectivity index (χ4n) is 2.49. The standard InChI is InChI=1S/C16H17N3O2/c1-20-15-3-4-16(21-2)13(7-15)11-19-6-5-12(10-19)14(8-17)9-18/h3-4,7H,5-6,10-11H2,1-2H3. The van der Waals surface area contributed by atoms with Crippen LogP contribution in [0, 0.1) is 22.7 Å². The van der Waals surface area contributed by atoms with Crippen LogP contribution in [0.1, 0.15) is 12.0 Å². The Morgan fingerprint density at radius 3 is 2.62 bits per heavy atom. The molecule has 21 heavy (non-hydrogen) atoms. The molecule has 0 aromatic heterocycles. The molecular weight excluding hydrogens is 266 g/mol. The van der Waals surface area contributed by atoms with Crippen LogP contribution in [-0.2, 0) is 6.54 Å². The highest BCUT2D eigenvalue weighted by Crippen LogP contribution is 2.28. The van der Waals surface area contributed by atoms with Gasteiger partial charge in [-0.3, -0.25) is 4.90 Å². The van der Waals surface area contributed by atoms with Crippen LogP contribution in [0.15, 0.2) is 29.3 Å². The molecule has 0 amide bonds. The summed E-state index contributed by atoms with van der Waals surface area (Å²) < 4.78 is 10.6. The molecule has 108 valence electrons. The Balaban J connectivity index is 2.16. The van der Waals surface area contributed by atoms with Crippen LogP contribution in [0.25, 0.3) is 0 Å². The first-order valence-electron chi connectivity index (χ1n) is 6.67. The lowest BCUT2D eigenvalue weighted by Gasteiger charge is -2.17. The SMILES string of the molecule is COc1ccc(OC)c(CN2CCC(=C(C#N)C#N)C2)c1. The molecular formula is C16H17N3O2. The molecule has 2 rings (SSSR count). The van der Waals surface area contributed by atoms with Gasteiger partial charge in [0, 0.05) is 25.2 Å². The van der Waals surface area contributed by atoms with E-state index in [9.17, 15) is 0 Å². The van der Waals surface area contributed by atoms with Gasteiger partial charge in [0.1, 0.15) is 29.2 Å². The summed E-state index contributed by atoms with van der Waals surface area (Å²) >= 11 is 0. The van der Waals surface area contributed by atoms with Crippen molar-refractivity contribution in [3.8, 4) is 23.6 Å². The number of allylic oxidation sites excluding steroid dienone is 1. The molecule has 5 nitrogen and oxygen atoms in total. The molecule has 1 aliphatic rings. The number of nitriles is 2. The van der Waals surface area contributed by atoms with Gasteiger partial charge in [-0.1, -0.05) is 0 Å². The van der Waals surface area contributed by atoms with E-state index >= 15 is 0 Å². The van der Waals surface area contributed by atoms with Crippen LogP contribution in [0.5, 0.6) is 11.5 Å². The molecule has 5 heteroatoms. The quantitative estimate of drug-likeness (QED) is 0.793. The predicted molar refractivity (Wildman–Crippen MR) is 77.7 cm³/mol. The minimum Gasteiger partial charge on any atom is -0.497 e. The molecule has 0 radical (unpaired) electrons. The Kier molecular flexibility index (Phi) is 4.81. The van der Waals surface area contributed by atoms with Crippen molar-refractivity contribution in [3.63, 3.8) is 0 Å². The monoisotopic (exact) mass is 283 g/mol. The highest BCUT2D eigenvalue weighted by atomic mass is 16.5. The van der Waals surface area contributed by atoms with E-state index in [0.717, 1.165) is 35.6 Å². The normalized spacial score (nSPS) is 14.4. The first-order valence-corrected chi connectivity index (χ1v) is 6.67. The van der Waals surface area contributed by atoms with Crippen molar-refractivity contribution in [2.24, 2.45) is 0 Å². The molecule has 0 N–H and O–H groups in total. The molecule has 1 heterocycles. The zero-order chi connectivity index (χ0) is 15.2. The van der Waals surface area contributed by atoms with Crippen LogP contribution < -0.4 is 9.47 Å². The number of ether oxygens (including phenoxy) is 2. The van der Waals surface area contributed by atoms with E-state index in [2.05, 4.69) is 4.90 Å². The summed E-state index contributed by atoms with van der Waals surface area (Å²) in [6.07, 6.45) is 0.767. The van der Waals surface area contributed by atoms with Crippen molar-refractivity contribution in [1.82, 2.24) is 4.90 Å². The van der Waals surface area contributed by atoms with E-state index in [1.54, 1.807) is 14.2 Å². The Bertz CT molecular complexity index is 622. The smallest absolute Gasteiger partial charge is 0.130 e. The van der Waals surface area contributed by atoms with E-state index in [1.807, 2.05) is 30.3 Å². The maximum atomic E-state index is 8.93. The molecule has 0 unspecified atom stereocenters. The van der Waals surface area contributed by atoms with E-state index in [1.165, 1.54) is 0 Å². The van der Waals surface area contributed by atoms with E-state index < -0.39 is 0 Å². The van der Waals surface area contributed by atoms with Gasteiger partial charge in [0.2, 0.25) is 0 Å². The summed E-state index contributed by atoms with van der Waals surface area (Å²) in [7, 11) is 3.28. The lowest BCUT2D eigenvalue weighted by atomic mass is 10.1. The Morgan fingerprint density at radius 1 is 1.24 bits per heavy atom. The van der Waals surface area contributed by atoms with Crippen molar-refractivity contribution < 1.29 is 9.47 Å². The molecule has 1 fully saturated rings. The number of methoxy groups -OCH3 is 2. The van der Waals surface area contributed by atoms with E-state index in [4.69, 9.17) is 20.0 Å². The number of nitrogens with zero attached hydrogens (tertiary/aromatic N) is 3. The largest absolute Gasteiger partial charge is 0.497 e. The average Bonchev–Trinajstić information content (AvgIpc) is 2.97. The highest BCUT2D eigenvalue weighted by Gasteiger charge is 2.21. The molecule has 1 aliphatic heterocycles. The van der Waals surface area contributed by atoms with Crippen molar-refractivity contribution in [3.05, 3.63) is 34.9 Å². The van der Waals surface area contributed by atoms with Crippen molar-refractivity contribution in [2.45, 2.75) is 13.0 Å². The summed E-state index contributed by atoms with van der Waals surface area (Å²) in [5.74, 6) is 1.60. The second-order valence-electron chi connectivity index (χ2n) is 4.84. The number of hydrogen-bond donors (Lipinski definition) is 0. The maximum Gasteiger partial charge on any atom is 0.130 e. The number of likely N-dealkylation sites (tertiary alicyclic amines) is 1. The fraction of sp³-hybridized carbons (Fsp3) is 0.375. The van der Waals surface area contributed by atoms with Gasteiger partial charge in [0.05, 0.1) is 14.2 Å². The summed E-state index contributed by atoms with van der Waals surface area (Å²) in [4.78, 5) is 2.20. The van der Waals surface area contributed by atoms with Gasteiger partial charge in [-0.05, 0) is 30.2 Å². The van der Waals surface area contributed by atoms with Crippen LogP contribution >= 0.6 is 0 Å². The Labute approximate surface area is 124 Å². The molecule has 1 saturated heterocycles. The zero-order valence-electron chi connectivity index (χ0n) is 12.2. The lowest BCUT2D eigenvalue weighted by molar-refractivity contribution is 0.324. The predicted octanol–water partition coefficient (Wildman–Crippen LogP) is 2.25. The van der Waals surface area contributed by atoms with Gasteiger partial charge < -0.3 is 9.47 Å². The van der Waals surface area contributed by atoms with Crippen LogP contribution in [-0.4, -0.2) is 32.2 Å². The first kappa shape index (κ1) is 14.9. The van der Waals surface area contributed by atoms with Crippen LogP contribution in [0.4, 0.5) is 0 Å². The molecule has 0 spiro atoms. The van der Waals surface area contributed by atoms with Crippen molar-refractivity contribution in [2.75, 3.05) is 27.3 Å². The minimum atomic E-state index is 0.245. The summed E-state index contributed by atoms with van der Waals surface area (Å²) in [6.45, 7) is 2.19. The van der Waals surface area contributed by atoms with Crippen molar-refractivity contribution >= 4 is 0 Å². The third-order valence-corrected chi connectivity index (χ3v) is 3.60. The van der Waals surface area contributed by atoms with Gasteiger partial charge in [-0.2, -0.15) is 10.5 Å². The molecule has 1 aromatic carbocycles. The second kappa shape index (κ2) is 6.78. The topological polar surface area (TPSA) is 69.3 Å². The fourth-order valence-corrected chi connectivity index (χ4v) is 2.49. The third kappa shape index (κ3) is 3.34. The first-order chi connectivity index (χ1) is 10.2. The molecule has 0 aliphatic carbocycles. The molecule has 0 atom stereocenters. The summed E-state index contributed by atoms with van der Waals surface area (Å²) in [5.41, 5.74) is 2.20. The molecule has 0 bridgehead atoms. The number of hydrogen-bond acceptors (Lipinski definition) is 5. The zero-order valence-corrected chi connectivity index (χ0v) is 12.2.